The van der Waals surface area contributed by atoms with Crippen LogP contribution < -0.4 is 5.19 Å². The summed E-state index contributed by atoms with van der Waals surface area (Å²) in [4.78, 5) is 24.9. The van der Waals surface area contributed by atoms with Gasteiger partial charge < -0.3 is 18.8 Å². The van der Waals surface area contributed by atoms with Crippen LogP contribution in [0, 0.1) is 0 Å². The van der Waals surface area contributed by atoms with E-state index in [1.807, 2.05) is 30.3 Å². The summed E-state index contributed by atoms with van der Waals surface area (Å²) in [6.45, 7) is 10.5. The molecule has 0 aliphatic carbocycles. The van der Waals surface area contributed by atoms with Gasteiger partial charge in [-0.25, -0.2) is 9.59 Å². The van der Waals surface area contributed by atoms with Crippen LogP contribution in [0.4, 0.5) is 0 Å². The van der Waals surface area contributed by atoms with Crippen LogP contribution in [0.15, 0.2) is 30.3 Å². The first-order chi connectivity index (χ1) is 12.1. The van der Waals surface area contributed by atoms with E-state index in [4.69, 9.17) is 18.8 Å². The molecule has 8 heteroatoms. The lowest BCUT2D eigenvalue weighted by Gasteiger charge is -2.24. The summed E-state index contributed by atoms with van der Waals surface area (Å²) in [5, 5.41) is 1.11. The van der Waals surface area contributed by atoms with Crippen molar-refractivity contribution in [2.75, 3.05) is 0 Å². The second-order valence-corrected chi connectivity index (χ2v) is 12.0. The minimum Gasteiger partial charge on any atom is -0.461 e. The van der Waals surface area contributed by atoms with Crippen LogP contribution in [0.25, 0.3) is 0 Å². The number of ether oxygens (including phenoxy) is 2. The Balaban J connectivity index is 2.26. The molecule has 0 saturated carbocycles. The van der Waals surface area contributed by atoms with E-state index in [0.29, 0.717) is 0 Å². The second kappa shape index (κ2) is 8.37. The molecule has 0 radical (unpaired) electrons. The van der Waals surface area contributed by atoms with Crippen molar-refractivity contribution < 1.29 is 28.4 Å². The molecule has 1 aromatic carbocycles. The highest BCUT2D eigenvalue weighted by Gasteiger charge is 2.56. The Morgan fingerprint density at radius 2 is 1.35 bits per heavy atom. The summed E-state index contributed by atoms with van der Waals surface area (Å²) in [7, 11) is -2.26. The van der Waals surface area contributed by atoms with Crippen LogP contribution in [-0.4, -0.2) is 51.0 Å². The van der Waals surface area contributed by atoms with E-state index in [0.717, 1.165) is 5.19 Å². The van der Waals surface area contributed by atoms with E-state index in [2.05, 4.69) is 13.1 Å². The van der Waals surface area contributed by atoms with Gasteiger partial charge in [-0.3, -0.25) is 0 Å². The van der Waals surface area contributed by atoms with Crippen LogP contribution in [0.5, 0.6) is 0 Å². The van der Waals surface area contributed by atoms with Gasteiger partial charge in [-0.15, -0.1) is 0 Å². The third-order valence-electron chi connectivity index (χ3n) is 4.09. The fourth-order valence-corrected chi connectivity index (χ4v) is 5.04. The number of carbonyl (C=O) groups is 2. The molecule has 2 atom stereocenters. The molecule has 2 rings (SSSR count). The molecule has 0 amide bonds. The molecule has 0 aromatic heterocycles. The Morgan fingerprint density at radius 3 is 1.73 bits per heavy atom. The van der Waals surface area contributed by atoms with Gasteiger partial charge in [0.25, 0.3) is 0 Å². The average molecular weight is 378 g/mol. The SMILES string of the molecule is CC(C)OC(=O)[C@@H]1OB([Si](C)(C)c2ccccc2)O[C@H]1C(=O)OC(C)C. The highest BCUT2D eigenvalue weighted by atomic mass is 28.3. The lowest BCUT2D eigenvalue weighted by molar-refractivity contribution is -0.167. The maximum Gasteiger partial charge on any atom is 0.439 e. The Hall–Kier alpha value is -1.64. The number of rotatable bonds is 6. The van der Waals surface area contributed by atoms with Gasteiger partial charge in [-0.1, -0.05) is 48.6 Å². The summed E-state index contributed by atoms with van der Waals surface area (Å²) in [6.07, 6.45) is -2.87. The lowest BCUT2D eigenvalue weighted by Crippen LogP contribution is -2.57. The zero-order valence-electron chi connectivity index (χ0n) is 16.2. The topological polar surface area (TPSA) is 71.1 Å². The van der Waals surface area contributed by atoms with Gasteiger partial charge in [0.05, 0.1) is 12.2 Å². The first-order valence-corrected chi connectivity index (χ1v) is 12.0. The molecule has 0 unspecified atom stereocenters. The van der Waals surface area contributed by atoms with Crippen molar-refractivity contribution in [3.63, 3.8) is 0 Å². The molecule has 1 heterocycles. The maximum atomic E-state index is 12.4. The van der Waals surface area contributed by atoms with Crippen molar-refractivity contribution in [1.82, 2.24) is 0 Å². The summed E-state index contributed by atoms with van der Waals surface area (Å²) >= 11 is 0. The van der Waals surface area contributed by atoms with Crippen molar-refractivity contribution >= 4 is 31.8 Å². The van der Waals surface area contributed by atoms with Gasteiger partial charge in [0.15, 0.2) is 12.2 Å². The Morgan fingerprint density at radius 1 is 0.923 bits per heavy atom. The summed E-state index contributed by atoms with van der Waals surface area (Å²) in [5.41, 5.74) is 0. The van der Waals surface area contributed by atoms with Crippen molar-refractivity contribution in [3.05, 3.63) is 30.3 Å². The Kier molecular flexibility index (Phi) is 6.65. The number of carbonyl (C=O) groups excluding carboxylic acids is 2. The number of benzene rings is 1. The summed E-state index contributed by atoms with van der Waals surface area (Å²) in [6, 6.07) is 9.87. The standard InChI is InChI=1S/C18H27BO6Si/c1-12(2)22-17(20)15-16(18(21)23-13(3)4)25-19(24-15)26(5,6)14-10-8-7-9-11-14/h7-13,15-16H,1-6H3/t15-,16-/m1/s1. The highest BCUT2D eigenvalue weighted by molar-refractivity contribution is 7.33. The normalized spacial score (nSPS) is 20.5. The lowest BCUT2D eigenvalue weighted by atomic mass is 10.2. The number of esters is 2. The molecule has 26 heavy (non-hydrogen) atoms. The molecular formula is C18H27BO6Si. The van der Waals surface area contributed by atoms with Crippen LogP contribution in [0.2, 0.25) is 13.1 Å². The van der Waals surface area contributed by atoms with E-state index < -0.39 is 38.8 Å². The van der Waals surface area contributed by atoms with Gasteiger partial charge in [-0.2, -0.15) is 0 Å². The molecule has 1 fully saturated rings. The van der Waals surface area contributed by atoms with E-state index in [1.165, 1.54) is 0 Å². The fourth-order valence-electron chi connectivity index (χ4n) is 2.74. The molecular weight excluding hydrogens is 351 g/mol. The van der Waals surface area contributed by atoms with Gasteiger partial charge in [-0.05, 0) is 27.7 Å². The summed E-state index contributed by atoms with van der Waals surface area (Å²) in [5.74, 6) is -1.21. The van der Waals surface area contributed by atoms with Crippen molar-refractivity contribution in [3.8, 4) is 0 Å². The van der Waals surface area contributed by atoms with E-state index in [-0.39, 0.29) is 12.2 Å². The molecule has 6 nitrogen and oxygen atoms in total. The zero-order valence-corrected chi connectivity index (χ0v) is 17.2. The number of hydrogen-bond donors (Lipinski definition) is 0. The van der Waals surface area contributed by atoms with E-state index in [1.54, 1.807) is 27.7 Å². The monoisotopic (exact) mass is 378 g/mol. The van der Waals surface area contributed by atoms with Gasteiger partial charge >= 0.3 is 18.6 Å². The Labute approximate surface area is 156 Å². The van der Waals surface area contributed by atoms with Crippen LogP contribution in [0.1, 0.15) is 27.7 Å². The van der Waals surface area contributed by atoms with Crippen LogP contribution in [0.3, 0.4) is 0 Å². The first kappa shape index (κ1) is 20.7. The number of hydrogen-bond acceptors (Lipinski definition) is 6. The molecule has 1 aliphatic rings. The minimum absolute atomic E-state index is 0.314. The second-order valence-electron chi connectivity index (χ2n) is 7.50. The van der Waals surface area contributed by atoms with Gasteiger partial charge in [0.1, 0.15) is 7.94 Å². The molecule has 142 valence electrons. The third-order valence-corrected chi connectivity index (χ3v) is 7.36. The molecule has 0 spiro atoms. The van der Waals surface area contributed by atoms with Crippen LogP contribution in [-0.2, 0) is 28.4 Å². The largest absolute Gasteiger partial charge is 0.461 e. The van der Waals surface area contributed by atoms with E-state index in [9.17, 15) is 9.59 Å². The first-order valence-electron chi connectivity index (χ1n) is 8.90. The van der Waals surface area contributed by atoms with Crippen molar-refractivity contribution in [1.29, 1.82) is 0 Å². The fraction of sp³-hybridized carbons (Fsp3) is 0.556. The average Bonchev–Trinajstić information content (AvgIpc) is 3.01. The zero-order chi connectivity index (χ0) is 19.5. The van der Waals surface area contributed by atoms with Crippen LogP contribution >= 0.6 is 0 Å². The van der Waals surface area contributed by atoms with E-state index >= 15 is 0 Å². The smallest absolute Gasteiger partial charge is 0.439 e. The highest BCUT2D eigenvalue weighted by Crippen LogP contribution is 2.26. The predicted octanol–water partition coefficient (Wildman–Crippen LogP) is 1.86. The van der Waals surface area contributed by atoms with Crippen molar-refractivity contribution in [2.45, 2.75) is 65.2 Å². The molecule has 0 bridgehead atoms. The Bertz CT molecular complexity index is 604. The maximum absolute atomic E-state index is 12.4. The molecule has 1 aliphatic heterocycles. The minimum atomic E-state index is -2.26. The van der Waals surface area contributed by atoms with Crippen molar-refractivity contribution in [2.24, 2.45) is 0 Å². The third kappa shape index (κ3) is 4.75. The molecule has 1 saturated heterocycles. The predicted molar refractivity (Wildman–Crippen MR) is 102 cm³/mol. The molecule has 1 aromatic rings. The summed E-state index contributed by atoms with van der Waals surface area (Å²) < 4.78 is 22.3. The quantitative estimate of drug-likeness (QED) is 0.556. The molecule has 0 N–H and O–H groups in total. The van der Waals surface area contributed by atoms with Gasteiger partial charge in [0.2, 0.25) is 0 Å². The van der Waals surface area contributed by atoms with Gasteiger partial charge in [0, 0.05) is 0 Å².